The van der Waals surface area contributed by atoms with Crippen molar-refractivity contribution in [1.82, 2.24) is 9.80 Å². The van der Waals surface area contributed by atoms with Crippen molar-refractivity contribution >= 4 is 0 Å². The van der Waals surface area contributed by atoms with Gasteiger partial charge in [0.25, 0.3) is 0 Å². The highest BCUT2D eigenvalue weighted by Crippen LogP contribution is 2.13. The van der Waals surface area contributed by atoms with Crippen LogP contribution in [0.1, 0.15) is 0 Å². The highest BCUT2D eigenvalue weighted by Gasteiger charge is 2.27. The first-order chi connectivity index (χ1) is 5.04. The second-order valence-corrected chi connectivity index (χ2v) is 2.64. The van der Waals surface area contributed by atoms with Gasteiger partial charge < -0.3 is 20.8 Å². The van der Waals surface area contributed by atoms with Gasteiger partial charge in [0, 0.05) is 13.1 Å². The Morgan fingerprint density at radius 1 is 1.55 bits per heavy atom. The van der Waals surface area contributed by atoms with Crippen LogP contribution in [0, 0.1) is 0 Å². The molecule has 4 N–H and O–H groups in total. The van der Waals surface area contributed by atoms with E-state index in [1.165, 1.54) is 15.9 Å². The normalized spacial score (nSPS) is 33.8. The quantitative estimate of drug-likeness (QED) is 0.415. The summed E-state index contributed by atoms with van der Waals surface area (Å²) in [6.45, 7) is 0. The summed E-state index contributed by atoms with van der Waals surface area (Å²) >= 11 is 0. The molecule has 5 nitrogen and oxygen atoms in total. The zero-order valence-corrected chi connectivity index (χ0v) is 6.60. The lowest BCUT2D eigenvalue weighted by molar-refractivity contribution is -0.113. The Balaban J connectivity index is 2.83. The first kappa shape index (κ1) is 8.32. The minimum Gasteiger partial charge on any atom is -0.495 e. The maximum atomic E-state index is 9.36. The van der Waals surface area contributed by atoms with Gasteiger partial charge in [-0.25, -0.2) is 4.90 Å². The van der Waals surface area contributed by atoms with E-state index in [1.54, 1.807) is 14.1 Å². The fraction of sp³-hybridized carbons (Fsp3) is 0.667. The largest absolute Gasteiger partial charge is 0.495 e. The van der Waals surface area contributed by atoms with E-state index in [0.29, 0.717) is 0 Å². The summed E-state index contributed by atoms with van der Waals surface area (Å²) in [5.41, 5.74) is 5.52. The molecule has 0 radical (unpaired) electrons. The SMILES string of the molecule is CN1C(O)=CC(N)N(C)C1O. The van der Waals surface area contributed by atoms with Crippen LogP contribution in [-0.4, -0.2) is 46.6 Å². The number of nitrogens with zero attached hydrogens (tertiary/aromatic N) is 2. The lowest BCUT2D eigenvalue weighted by atomic mass is 10.3. The lowest BCUT2D eigenvalue weighted by Gasteiger charge is -2.38. The minimum absolute atomic E-state index is 0.00287. The fourth-order valence-corrected chi connectivity index (χ4v) is 0.933. The van der Waals surface area contributed by atoms with E-state index in [-0.39, 0.29) is 5.88 Å². The van der Waals surface area contributed by atoms with Gasteiger partial charge >= 0.3 is 0 Å². The Hall–Kier alpha value is -0.780. The standard InChI is InChI=1S/C6H13N3O2/c1-8-4(7)3-5(10)9(2)6(8)11/h3-4,6,10-11H,7H2,1-2H3. The summed E-state index contributed by atoms with van der Waals surface area (Å²) in [6, 6.07) is 0. The molecule has 0 bridgehead atoms. The molecule has 0 aromatic heterocycles. The van der Waals surface area contributed by atoms with Gasteiger partial charge in [0.05, 0.1) is 6.17 Å². The van der Waals surface area contributed by atoms with Crippen molar-refractivity contribution in [3.63, 3.8) is 0 Å². The maximum Gasteiger partial charge on any atom is 0.189 e. The molecule has 2 unspecified atom stereocenters. The van der Waals surface area contributed by atoms with Crippen molar-refractivity contribution in [3.8, 4) is 0 Å². The Morgan fingerprint density at radius 3 is 2.64 bits per heavy atom. The van der Waals surface area contributed by atoms with Crippen molar-refractivity contribution in [2.75, 3.05) is 14.1 Å². The molecule has 1 aliphatic heterocycles. The van der Waals surface area contributed by atoms with E-state index < -0.39 is 12.5 Å². The smallest absolute Gasteiger partial charge is 0.189 e. The Kier molecular flexibility index (Phi) is 2.03. The van der Waals surface area contributed by atoms with Crippen LogP contribution in [0.15, 0.2) is 12.0 Å². The van der Waals surface area contributed by atoms with Gasteiger partial charge in [-0.1, -0.05) is 0 Å². The average molecular weight is 159 g/mol. The number of aliphatic hydroxyl groups is 2. The number of rotatable bonds is 0. The van der Waals surface area contributed by atoms with E-state index in [0.717, 1.165) is 0 Å². The van der Waals surface area contributed by atoms with Crippen LogP contribution in [-0.2, 0) is 0 Å². The average Bonchev–Trinajstić information content (AvgIpc) is 1.97. The highest BCUT2D eigenvalue weighted by atomic mass is 16.3. The topological polar surface area (TPSA) is 73.0 Å². The monoisotopic (exact) mass is 159 g/mol. The predicted octanol–water partition coefficient (Wildman–Crippen LogP) is -1.18. The van der Waals surface area contributed by atoms with Gasteiger partial charge in [-0.2, -0.15) is 0 Å². The zero-order chi connectivity index (χ0) is 8.59. The molecule has 2 atom stereocenters. The number of nitrogens with two attached hydrogens (primary N) is 1. The van der Waals surface area contributed by atoms with Crippen LogP contribution in [0.4, 0.5) is 0 Å². The second-order valence-electron chi connectivity index (χ2n) is 2.64. The third-order valence-electron chi connectivity index (χ3n) is 1.86. The molecule has 5 heteroatoms. The van der Waals surface area contributed by atoms with Crippen molar-refractivity contribution in [2.45, 2.75) is 12.5 Å². The second kappa shape index (κ2) is 2.69. The minimum atomic E-state index is -0.852. The van der Waals surface area contributed by atoms with Gasteiger partial charge in [-0.3, -0.25) is 0 Å². The van der Waals surface area contributed by atoms with Crippen LogP contribution in [0.3, 0.4) is 0 Å². The molecule has 1 aliphatic rings. The number of likely N-dealkylation sites (N-methyl/N-ethyl adjacent to an activating group) is 1. The van der Waals surface area contributed by atoms with Crippen molar-refractivity contribution in [2.24, 2.45) is 5.73 Å². The zero-order valence-electron chi connectivity index (χ0n) is 6.60. The van der Waals surface area contributed by atoms with Crippen molar-refractivity contribution in [3.05, 3.63) is 12.0 Å². The fourth-order valence-electron chi connectivity index (χ4n) is 0.933. The summed E-state index contributed by atoms with van der Waals surface area (Å²) in [4.78, 5) is 2.85. The molecule has 0 saturated carbocycles. The molecule has 0 spiro atoms. The van der Waals surface area contributed by atoms with E-state index in [9.17, 15) is 5.11 Å². The molecule has 0 fully saturated rings. The van der Waals surface area contributed by atoms with Crippen LogP contribution < -0.4 is 5.73 Å². The van der Waals surface area contributed by atoms with E-state index in [2.05, 4.69) is 0 Å². The summed E-state index contributed by atoms with van der Waals surface area (Å²) in [6.07, 6.45) is 0.184. The number of hydrogen-bond donors (Lipinski definition) is 3. The molecule has 1 heterocycles. The molecule has 64 valence electrons. The van der Waals surface area contributed by atoms with Gasteiger partial charge in [-0.05, 0) is 7.05 Å². The van der Waals surface area contributed by atoms with Crippen LogP contribution in [0.25, 0.3) is 0 Å². The Labute approximate surface area is 65.3 Å². The Morgan fingerprint density at radius 2 is 2.09 bits per heavy atom. The summed E-state index contributed by atoms with van der Waals surface area (Å²) in [5, 5.41) is 18.5. The Bertz CT molecular complexity index is 183. The van der Waals surface area contributed by atoms with Crippen LogP contribution in [0.5, 0.6) is 0 Å². The molecule has 0 aromatic rings. The third-order valence-corrected chi connectivity index (χ3v) is 1.86. The first-order valence-corrected chi connectivity index (χ1v) is 3.33. The lowest BCUT2D eigenvalue weighted by Crippen LogP contribution is -2.55. The van der Waals surface area contributed by atoms with Crippen LogP contribution >= 0.6 is 0 Å². The summed E-state index contributed by atoms with van der Waals surface area (Å²) in [5.74, 6) is 0.00287. The third kappa shape index (κ3) is 1.30. The number of aliphatic hydroxyl groups excluding tert-OH is 2. The summed E-state index contributed by atoms with van der Waals surface area (Å²) < 4.78 is 0. The van der Waals surface area contributed by atoms with Gasteiger partial charge in [0.2, 0.25) is 0 Å². The molecular weight excluding hydrogens is 146 g/mol. The van der Waals surface area contributed by atoms with Gasteiger partial charge in [-0.15, -0.1) is 0 Å². The molecule has 0 aromatic carbocycles. The maximum absolute atomic E-state index is 9.36. The van der Waals surface area contributed by atoms with Crippen molar-refractivity contribution < 1.29 is 10.2 Å². The first-order valence-electron chi connectivity index (χ1n) is 3.33. The molecule has 0 amide bonds. The molecule has 1 rings (SSSR count). The van der Waals surface area contributed by atoms with Gasteiger partial charge in [0.1, 0.15) is 0 Å². The van der Waals surface area contributed by atoms with E-state index in [4.69, 9.17) is 10.8 Å². The highest BCUT2D eigenvalue weighted by molar-refractivity contribution is 5.01. The van der Waals surface area contributed by atoms with Gasteiger partial charge in [0.15, 0.2) is 12.2 Å². The van der Waals surface area contributed by atoms with E-state index >= 15 is 0 Å². The molecular formula is C6H13N3O2. The number of hydrogen-bond acceptors (Lipinski definition) is 5. The van der Waals surface area contributed by atoms with Crippen LogP contribution in [0.2, 0.25) is 0 Å². The predicted molar refractivity (Wildman–Crippen MR) is 40.2 cm³/mol. The van der Waals surface area contributed by atoms with E-state index in [1.807, 2.05) is 0 Å². The summed E-state index contributed by atoms with van der Waals surface area (Å²) in [7, 11) is 3.26. The molecule has 0 saturated heterocycles. The molecule has 0 aliphatic carbocycles. The van der Waals surface area contributed by atoms with Crippen molar-refractivity contribution in [1.29, 1.82) is 0 Å². The molecule has 11 heavy (non-hydrogen) atoms.